The SMILES string of the molecule is CC[C@H]1OC(=O)[C@H](C)[C@@H](O[C@H]2C[C@@](C)(OC)[C@@H](O)[C@H](C)O2)[C@H](C)[C@@H](O[C@@H]2O[C@H](C)C[C@H](N(C)CCc3cn(CCCOc4ccc(N=O)cc4)nn3)[C@H]2O)[C@](C)(O)C[C@@H](C)CN(C)[C@H](C)[C@@H](O)[C@]1(C)O. The zero-order valence-electron chi connectivity index (χ0n) is 43.7. The first-order chi connectivity index (χ1) is 32.8. The molecule has 70 heavy (non-hydrogen) atoms. The van der Waals surface area contributed by atoms with Gasteiger partial charge in [0.25, 0.3) is 0 Å². The van der Waals surface area contributed by atoms with Gasteiger partial charge in [-0.05, 0) is 117 Å². The molecule has 0 aliphatic carbocycles. The molecule has 0 spiro atoms. The summed E-state index contributed by atoms with van der Waals surface area (Å²) in [6.45, 7) is 19.5. The standard InChI is InChI=1S/C50H84N6O14/c1-14-39-50(10,62)43(58)33(6)55(12)27-29(2)25-48(8,61)45(31(4)42(32(5)46(60)68-39)69-40-26-49(9,64-13)44(59)34(7)67-40)70-47-41(57)38(24-30(3)66-47)54(11)22-20-36-28-56(53-51-36)21-15-23-65-37-18-16-35(52-63)17-19-37/h16-19,28-34,38-45,47,57-59,61-62H,14-15,20-27H2,1-13H3/t29-,30-,31+,32-,33-,34+,38+,39-,40+,41-,42+,43-,44+,45-,47+,48-,49-,50-/m1/s1. The third-order valence-corrected chi connectivity index (χ3v) is 15.2. The number of carbonyl (C=O) groups is 1. The monoisotopic (exact) mass is 993 g/mol. The Morgan fingerprint density at radius 2 is 1.66 bits per heavy atom. The van der Waals surface area contributed by atoms with Crippen molar-refractivity contribution in [3.8, 4) is 5.75 Å². The average Bonchev–Trinajstić information content (AvgIpc) is 3.78. The molecule has 0 radical (unpaired) electrons. The number of nitroso groups, excluding NO2 is 1. The van der Waals surface area contributed by atoms with E-state index in [1.165, 1.54) is 14.0 Å². The van der Waals surface area contributed by atoms with Gasteiger partial charge < -0.3 is 68.5 Å². The number of aryl methyl sites for hydroxylation is 1. The average molecular weight is 993 g/mol. The molecule has 4 heterocycles. The van der Waals surface area contributed by atoms with Crippen molar-refractivity contribution in [2.45, 2.75) is 205 Å². The minimum atomic E-state index is -1.84. The Morgan fingerprint density at radius 1 is 0.971 bits per heavy atom. The molecular formula is C50H84N6O14. The van der Waals surface area contributed by atoms with Gasteiger partial charge >= 0.3 is 5.97 Å². The Kier molecular flexibility index (Phi) is 20.3. The number of esters is 1. The molecular weight excluding hydrogens is 909 g/mol. The fraction of sp³-hybridized carbons (Fsp3) is 0.820. The molecule has 5 rings (SSSR count). The quantitative estimate of drug-likeness (QED) is 0.0907. The zero-order valence-corrected chi connectivity index (χ0v) is 43.7. The van der Waals surface area contributed by atoms with Crippen LogP contribution in [0.25, 0.3) is 0 Å². The molecule has 3 aliphatic rings. The summed E-state index contributed by atoms with van der Waals surface area (Å²) in [6.07, 6.45) is -5.95. The molecule has 1 aromatic carbocycles. The Labute approximate surface area is 414 Å². The van der Waals surface area contributed by atoms with Gasteiger partial charge in [0, 0.05) is 70.2 Å². The van der Waals surface area contributed by atoms with Crippen LogP contribution in [0.5, 0.6) is 5.75 Å². The first kappa shape index (κ1) is 57.6. The van der Waals surface area contributed by atoms with Crippen molar-refractivity contribution in [2.75, 3.05) is 40.9 Å². The van der Waals surface area contributed by atoms with Crippen LogP contribution in [0.4, 0.5) is 5.69 Å². The van der Waals surface area contributed by atoms with E-state index in [9.17, 15) is 35.2 Å². The Bertz CT molecular complexity index is 1940. The summed E-state index contributed by atoms with van der Waals surface area (Å²) in [4.78, 5) is 29.1. The second-order valence-electron chi connectivity index (χ2n) is 21.2. The van der Waals surface area contributed by atoms with Crippen LogP contribution < -0.4 is 4.74 Å². The van der Waals surface area contributed by atoms with E-state index in [0.29, 0.717) is 56.9 Å². The van der Waals surface area contributed by atoms with Crippen LogP contribution in [0.15, 0.2) is 35.6 Å². The maximum atomic E-state index is 14.5. The Balaban J connectivity index is 1.39. The number of methoxy groups -OCH3 is 1. The van der Waals surface area contributed by atoms with Gasteiger partial charge in [0.05, 0.1) is 53.8 Å². The summed E-state index contributed by atoms with van der Waals surface area (Å²) in [5.41, 5.74) is -3.42. The van der Waals surface area contributed by atoms with E-state index in [0.717, 1.165) is 5.69 Å². The summed E-state index contributed by atoms with van der Waals surface area (Å²) in [5.74, 6) is -2.14. The highest BCUT2D eigenvalue weighted by molar-refractivity contribution is 5.73. The number of aromatic nitrogens is 3. The number of hydrogen-bond donors (Lipinski definition) is 5. The van der Waals surface area contributed by atoms with Crippen molar-refractivity contribution >= 4 is 11.7 Å². The lowest BCUT2D eigenvalue weighted by molar-refractivity contribution is -0.318. The number of hydrogen-bond acceptors (Lipinski definition) is 19. The van der Waals surface area contributed by atoms with E-state index in [1.54, 1.807) is 70.5 Å². The van der Waals surface area contributed by atoms with Gasteiger partial charge in [-0.25, -0.2) is 0 Å². The van der Waals surface area contributed by atoms with E-state index in [-0.39, 0.29) is 31.3 Å². The second kappa shape index (κ2) is 24.6. The van der Waals surface area contributed by atoms with E-state index >= 15 is 0 Å². The number of carbonyl (C=O) groups excluding carboxylic acids is 1. The molecule has 398 valence electrons. The van der Waals surface area contributed by atoms with Crippen molar-refractivity contribution in [1.82, 2.24) is 24.8 Å². The van der Waals surface area contributed by atoms with Crippen molar-refractivity contribution in [2.24, 2.45) is 22.9 Å². The van der Waals surface area contributed by atoms with Crippen LogP contribution in [0.2, 0.25) is 0 Å². The van der Waals surface area contributed by atoms with Gasteiger partial charge in [-0.1, -0.05) is 26.0 Å². The largest absolute Gasteiger partial charge is 0.494 e. The summed E-state index contributed by atoms with van der Waals surface area (Å²) < 4.78 is 45.8. The van der Waals surface area contributed by atoms with Gasteiger partial charge in [0.1, 0.15) is 41.5 Å². The maximum absolute atomic E-state index is 14.5. The minimum absolute atomic E-state index is 0.0988. The van der Waals surface area contributed by atoms with E-state index in [2.05, 4.69) is 20.4 Å². The number of likely N-dealkylation sites (N-methyl/N-ethyl adjacent to an activating group) is 2. The lowest BCUT2D eigenvalue weighted by Crippen LogP contribution is -2.61. The van der Waals surface area contributed by atoms with Gasteiger partial charge in [-0.15, -0.1) is 10.0 Å². The highest BCUT2D eigenvalue weighted by Gasteiger charge is 2.53. The normalized spacial score (nSPS) is 39.8. The van der Waals surface area contributed by atoms with Gasteiger partial charge in [-0.2, -0.15) is 0 Å². The molecule has 1 aromatic heterocycles. The van der Waals surface area contributed by atoms with Crippen molar-refractivity contribution in [3.63, 3.8) is 0 Å². The maximum Gasteiger partial charge on any atom is 0.311 e. The molecule has 3 aliphatic heterocycles. The fourth-order valence-corrected chi connectivity index (χ4v) is 10.7. The third kappa shape index (κ3) is 14.1. The molecule has 0 bridgehead atoms. The van der Waals surface area contributed by atoms with E-state index in [4.69, 9.17) is 33.2 Å². The highest BCUT2D eigenvalue weighted by atomic mass is 16.7. The molecule has 0 amide bonds. The lowest BCUT2D eigenvalue weighted by atomic mass is 9.77. The number of benzene rings is 1. The van der Waals surface area contributed by atoms with Crippen LogP contribution >= 0.6 is 0 Å². The number of aliphatic hydroxyl groups excluding tert-OH is 3. The first-order valence-corrected chi connectivity index (χ1v) is 25.1. The summed E-state index contributed by atoms with van der Waals surface area (Å²) in [7, 11) is 5.26. The number of ether oxygens (including phenoxy) is 7. The number of nitrogens with zero attached hydrogens (tertiary/aromatic N) is 6. The summed E-state index contributed by atoms with van der Waals surface area (Å²) in [6, 6.07) is 5.61. The smallest absolute Gasteiger partial charge is 0.311 e. The van der Waals surface area contributed by atoms with Crippen LogP contribution in [0.3, 0.4) is 0 Å². The fourth-order valence-electron chi connectivity index (χ4n) is 10.7. The van der Waals surface area contributed by atoms with Gasteiger partial charge in [-0.3, -0.25) is 9.48 Å². The van der Waals surface area contributed by atoms with Crippen LogP contribution in [0, 0.1) is 22.7 Å². The van der Waals surface area contributed by atoms with Crippen molar-refractivity contribution in [1.29, 1.82) is 0 Å². The topological polar surface area (TPSA) is 249 Å². The van der Waals surface area contributed by atoms with Crippen LogP contribution in [-0.2, 0) is 46.2 Å². The highest BCUT2D eigenvalue weighted by Crippen LogP contribution is 2.40. The predicted octanol–water partition coefficient (Wildman–Crippen LogP) is 3.97. The lowest BCUT2D eigenvalue weighted by Gasteiger charge is -2.49. The molecule has 5 N–H and O–H groups in total. The Hall–Kier alpha value is -3.25. The molecule has 3 fully saturated rings. The van der Waals surface area contributed by atoms with Crippen molar-refractivity contribution in [3.05, 3.63) is 41.1 Å². The molecule has 20 nitrogen and oxygen atoms in total. The zero-order chi connectivity index (χ0) is 51.9. The minimum Gasteiger partial charge on any atom is -0.494 e. The molecule has 3 saturated heterocycles. The predicted molar refractivity (Wildman–Crippen MR) is 259 cm³/mol. The van der Waals surface area contributed by atoms with Gasteiger partial charge in [0.2, 0.25) is 0 Å². The van der Waals surface area contributed by atoms with Crippen LogP contribution in [0.1, 0.15) is 107 Å². The van der Waals surface area contributed by atoms with E-state index in [1.807, 2.05) is 46.0 Å². The molecule has 2 aromatic rings. The number of aliphatic hydroxyl groups is 5. The second-order valence-corrected chi connectivity index (χ2v) is 21.2. The van der Waals surface area contributed by atoms with Crippen LogP contribution in [-0.4, -0.2) is 187 Å². The molecule has 0 unspecified atom stereocenters. The molecule has 18 atom stereocenters. The summed E-state index contributed by atoms with van der Waals surface area (Å²) >= 11 is 0. The first-order valence-electron chi connectivity index (χ1n) is 25.1. The third-order valence-electron chi connectivity index (χ3n) is 15.2. The number of rotatable bonds is 16. The Morgan fingerprint density at radius 3 is 2.30 bits per heavy atom. The van der Waals surface area contributed by atoms with Crippen molar-refractivity contribution < 1.29 is 63.5 Å². The number of cyclic esters (lactones) is 1. The molecule has 20 heteroatoms. The molecule has 0 saturated carbocycles. The summed E-state index contributed by atoms with van der Waals surface area (Å²) in [5, 5.41) is 71.2. The van der Waals surface area contributed by atoms with Gasteiger partial charge in [0.15, 0.2) is 12.6 Å². The van der Waals surface area contributed by atoms with E-state index < -0.39 is 102 Å².